The van der Waals surface area contributed by atoms with E-state index in [1.807, 2.05) is 0 Å². The smallest absolute Gasteiger partial charge is 0.472 e. The van der Waals surface area contributed by atoms with Crippen LogP contribution in [0.5, 0.6) is 0 Å². The van der Waals surface area contributed by atoms with Gasteiger partial charge in [-0.1, -0.05) is 128 Å². The van der Waals surface area contributed by atoms with E-state index in [9.17, 15) is 23.8 Å². The Balaban J connectivity index is 2.29. The Bertz CT molecular complexity index is 1100. The number of carbonyl (C=O) groups excluding carboxylic acids is 2. The molecule has 320 valence electrons. The Hall–Kier alpha value is -2.08. The van der Waals surface area contributed by atoms with Gasteiger partial charge in [0.25, 0.3) is 0 Å². The number of carboxylic acid groups (broad SMARTS) is 1. The zero-order valence-corrected chi connectivity index (χ0v) is 35.1. The molecule has 1 saturated heterocycles. The van der Waals surface area contributed by atoms with Gasteiger partial charge in [-0.15, -0.1) is 0 Å². The fraction of sp³-hybridized carbons (Fsp3) is 0.833. The number of hydrogen-bond acceptors (Lipinski definition) is 10. The minimum absolute atomic E-state index is 0.140. The largest absolute Gasteiger partial charge is 0.480 e. The third kappa shape index (κ3) is 31.7. The highest BCUT2D eigenvalue weighted by atomic mass is 31.2. The number of rotatable bonds is 39. The lowest BCUT2D eigenvalue weighted by Gasteiger charge is -2.20. The van der Waals surface area contributed by atoms with Gasteiger partial charge in [0.2, 0.25) is 0 Å². The predicted molar refractivity (Wildman–Crippen MR) is 217 cm³/mol. The first-order valence-electron chi connectivity index (χ1n) is 21.5. The number of epoxide rings is 1. The van der Waals surface area contributed by atoms with Crippen LogP contribution in [-0.4, -0.2) is 72.1 Å². The Morgan fingerprint density at radius 1 is 0.655 bits per heavy atom. The molecule has 1 heterocycles. The number of hydrogen-bond donors (Lipinski definition) is 3. The van der Waals surface area contributed by atoms with Gasteiger partial charge in [-0.3, -0.25) is 23.4 Å². The maximum atomic E-state index is 12.6. The summed E-state index contributed by atoms with van der Waals surface area (Å²) in [5, 5.41) is 8.88. The van der Waals surface area contributed by atoms with E-state index in [1.165, 1.54) is 64.2 Å². The van der Waals surface area contributed by atoms with Crippen LogP contribution in [0, 0.1) is 0 Å². The van der Waals surface area contributed by atoms with Crippen molar-refractivity contribution in [3.05, 3.63) is 24.3 Å². The molecule has 55 heavy (non-hydrogen) atoms. The lowest BCUT2D eigenvalue weighted by atomic mass is 10.1. The molecule has 0 amide bonds. The van der Waals surface area contributed by atoms with Crippen molar-refractivity contribution < 1.29 is 52.2 Å². The van der Waals surface area contributed by atoms with E-state index in [-0.39, 0.29) is 19.4 Å². The van der Waals surface area contributed by atoms with Crippen molar-refractivity contribution in [2.75, 3.05) is 19.8 Å². The molecule has 0 bridgehead atoms. The van der Waals surface area contributed by atoms with Crippen molar-refractivity contribution in [2.45, 2.75) is 205 Å². The molecular weight excluding hydrogens is 725 g/mol. The van der Waals surface area contributed by atoms with Gasteiger partial charge in [-0.05, 0) is 64.2 Å². The summed E-state index contributed by atoms with van der Waals surface area (Å²) in [6, 6.07) is -1.53. The number of unbranched alkanes of at least 4 members (excludes halogenated alkanes) is 18. The number of phosphoric ester groups is 1. The van der Waals surface area contributed by atoms with Gasteiger partial charge in [0.15, 0.2) is 6.10 Å². The van der Waals surface area contributed by atoms with Crippen LogP contribution in [0.4, 0.5) is 0 Å². The second-order valence-corrected chi connectivity index (χ2v) is 16.3. The molecule has 0 spiro atoms. The van der Waals surface area contributed by atoms with E-state index < -0.39 is 51.1 Å². The topological polar surface area (TPSA) is 184 Å². The summed E-state index contributed by atoms with van der Waals surface area (Å²) in [6.45, 7) is 2.74. The molecule has 0 aromatic rings. The Kier molecular flexibility index (Phi) is 31.5. The third-order valence-electron chi connectivity index (χ3n) is 9.60. The number of esters is 2. The summed E-state index contributed by atoms with van der Waals surface area (Å²) >= 11 is 0. The summed E-state index contributed by atoms with van der Waals surface area (Å²) in [5.41, 5.74) is 5.33. The number of carboxylic acids is 1. The molecule has 4 N–H and O–H groups in total. The molecule has 0 aromatic carbocycles. The van der Waals surface area contributed by atoms with Crippen molar-refractivity contribution in [3.63, 3.8) is 0 Å². The first kappa shape index (κ1) is 50.9. The summed E-state index contributed by atoms with van der Waals surface area (Å²) in [7, 11) is -4.72. The number of carbonyl (C=O) groups is 3. The highest BCUT2D eigenvalue weighted by Crippen LogP contribution is 2.43. The number of nitrogens with two attached hydrogens (primary N) is 1. The molecule has 0 radical (unpaired) electrons. The maximum Gasteiger partial charge on any atom is 0.472 e. The molecule has 1 aliphatic heterocycles. The van der Waals surface area contributed by atoms with Crippen LogP contribution >= 0.6 is 7.82 Å². The molecule has 0 aromatic heterocycles. The molecule has 1 rings (SSSR count). The molecule has 0 aliphatic carbocycles. The summed E-state index contributed by atoms with van der Waals surface area (Å²) in [5.74, 6) is -2.41. The number of ether oxygens (including phenoxy) is 3. The summed E-state index contributed by atoms with van der Waals surface area (Å²) in [4.78, 5) is 45.9. The van der Waals surface area contributed by atoms with Crippen molar-refractivity contribution >= 4 is 25.7 Å². The van der Waals surface area contributed by atoms with Crippen LogP contribution in [0.2, 0.25) is 0 Å². The van der Waals surface area contributed by atoms with Gasteiger partial charge >= 0.3 is 25.7 Å². The summed E-state index contributed by atoms with van der Waals surface area (Å²) in [6.07, 6.45) is 35.5. The number of phosphoric acid groups is 1. The lowest BCUT2D eigenvalue weighted by molar-refractivity contribution is -0.161. The van der Waals surface area contributed by atoms with Crippen molar-refractivity contribution in [3.8, 4) is 0 Å². The highest BCUT2D eigenvalue weighted by molar-refractivity contribution is 7.47. The summed E-state index contributed by atoms with van der Waals surface area (Å²) < 4.78 is 38.4. The van der Waals surface area contributed by atoms with Crippen LogP contribution in [0.15, 0.2) is 24.3 Å². The highest BCUT2D eigenvalue weighted by Gasteiger charge is 2.36. The average molecular weight is 802 g/mol. The quantitative estimate of drug-likeness (QED) is 0.0176. The van der Waals surface area contributed by atoms with Gasteiger partial charge in [0.1, 0.15) is 12.6 Å². The Labute approximate surface area is 332 Å². The van der Waals surface area contributed by atoms with Gasteiger partial charge < -0.3 is 29.9 Å². The van der Waals surface area contributed by atoms with Gasteiger partial charge in [-0.25, -0.2) is 4.57 Å². The minimum Gasteiger partial charge on any atom is -0.480 e. The monoisotopic (exact) mass is 802 g/mol. The minimum atomic E-state index is -4.72. The fourth-order valence-corrected chi connectivity index (χ4v) is 6.84. The zero-order valence-electron chi connectivity index (χ0n) is 34.2. The lowest BCUT2D eigenvalue weighted by Crippen LogP contribution is -2.34. The normalized spacial score (nSPS) is 17.7. The van der Waals surface area contributed by atoms with Crippen LogP contribution in [0.3, 0.4) is 0 Å². The molecule has 0 saturated carbocycles. The van der Waals surface area contributed by atoms with E-state index in [0.29, 0.717) is 25.0 Å². The molecule has 1 aliphatic rings. The molecule has 1 fully saturated rings. The van der Waals surface area contributed by atoms with Gasteiger partial charge in [0, 0.05) is 12.8 Å². The van der Waals surface area contributed by atoms with E-state index in [1.54, 1.807) is 0 Å². The van der Waals surface area contributed by atoms with E-state index in [2.05, 4.69) is 42.7 Å². The predicted octanol–water partition coefficient (Wildman–Crippen LogP) is 10.0. The standard InChI is InChI=1S/C42H76NO11P/c1-3-5-7-8-9-10-11-12-13-14-15-16-20-23-27-31-40(44)50-33-36(34-51-55(48,49)52-35-37(43)42(46)47)53-41(45)32-28-24-21-18-17-19-22-26-30-39-38(54-39)29-25-6-4-2/h12-13,22,26,36-39H,3-11,14-21,23-25,27-35,43H2,1-2H3,(H,46,47)(H,48,49)/b13-12-,26-22-/t36-,37+,38?,39?/m1/s1. The van der Waals surface area contributed by atoms with Crippen molar-refractivity contribution in [1.29, 1.82) is 0 Å². The van der Waals surface area contributed by atoms with Gasteiger partial charge in [-0.2, -0.15) is 0 Å². The van der Waals surface area contributed by atoms with E-state index >= 15 is 0 Å². The van der Waals surface area contributed by atoms with Crippen LogP contribution in [0.25, 0.3) is 0 Å². The van der Waals surface area contributed by atoms with E-state index in [0.717, 1.165) is 77.0 Å². The fourth-order valence-electron chi connectivity index (χ4n) is 6.07. The Morgan fingerprint density at radius 2 is 1.15 bits per heavy atom. The van der Waals surface area contributed by atoms with E-state index in [4.69, 9.17) is 29.6 Å². The zero-order chi connectivity index (χ0) is 40.4. The number of allylic oxidation sites excluding steroid dienone is 3. The first-order valence-corrected chi connectivity index (χ1v) is 23.0. The first-order chi connectivity index (χ1) is 26.6. The molecule has 12 nitrogen and oxygen atoms in total. The SMILES string of the molecule is CCCCCCCC/C=C\CCCCCCCC(=O)OC[C@H](COP(=O)(O)OC[C@H](N)C(=O)O)OC(=O)CCCCCCC/C=C\CC1OC1CCCCC. The van der Waals surface area contributed by atoms with Crippen LogP contribution < -0.4 is 5.73 Å². The van der Waals surface area contributed by atoms with Crippen molar-refractivity contribution in [1.82, 2.24) is 0 Å². The van der Waals surface area contributed by atoms with Crippen LogP contribution in [-0.2, 0) is 42.2 Å². The average Bonchev–Trinajstić information content (AvgIpc) is 3.91. The molecule has 5 atom stereocenters. The second-order valence-electron chi connectivity index (χ2n) is 14.9. The van der Waals surface area contributed by atoms with Crippen molar-refractivity contribution in [2.24, 2.45) is 5.73 Å². The maximum absolute atomic E-state index is 12.6. The van der Waals surface area contributed by atoms with Crippen LogP contribution in [0.1, 0.15) is 181 Å². The van der Waals surface area contributed by atoms with Gasteiger partial charge in [0.05, 0.1) is 25.4 Å². The molecule has 3 unspecified atom stereocenters. The third-order valence-corrected chi connectivity index (χ3v) is 10.5. The Morgan fingerprint density at radius 3 is 1.73 bits per heavy atom. The molecule has 13 heteroatoms. The number of aliphatic carboxylic acids is 1. The second kappa shape index (κ2) is 34.0. The molecular formula is C42H76NO11P.